The summed E-state index contributed by atoms with van der Waals surface area (Å²) in [6, 6.07) is 5.17. The number of esters is 1. The van der Waals surface area contributed by atoms with E-state index in [1.807, 2.05) is 13.8 Å². The molecular formula is C16H19ClN2O4. The molecule has 1 aromatic carbocycles. The summed E-state index contributed by atoms with van der Waals surface area (Å²) in [7, 11) is 2.93. The number of aromatic nitrogens is 2. The third-order valence-electron chi connectivity index (χ3n) is 3.34. The van der Waals surface area contributed by atoms with E-state index in [1.54, 1.807) is 25.3 Å². The Bertz CT molecular complexity index is 697. The van der Waals surface area contributed by atoms with E-state index in [0.29, 0.717) is 34.5 Å². The van der Waals surface area contributed by atoms with Crippen molar-refractivity contribution < 1.29 is 18.7 Å². The van der Waals surface area contributed by atoms with E-state index in [-0.39, 0.29) is 17.8 Å². The highest BCUT2D eigenvalue weighted by Crippen LogP contribution is 2.33. The van der Waals surface area contributed by atoms with Gasteiger partial charge in [-0.1, -0.05) is 25.4 Å². The molecule has 1 aromatic heterocycles. The molecule has 0 radical (unpaired) electrons. The Morgan fingerprint density at radius 1 is 1.30 bits per heavy atom. The first-order valence-electron chi connectivity index (χ1n) is 7.08. The van der Waals surface area contributed by atoms with Crippen LogP contribution in [0.1, 0.15) is 26.2 Å². The van der Waals surface area contributed by atoms with Crippen LogP contribution in [0.4, 0.5) is 0 Å². The molecule has 6 nitrogen and oxygen atoms in total. The highest BCUT2D eigenvalue weighted by atomic mass is 35.5. The van der Waals surface area contributed by atoms with Crippen molar-refractivity contribution in [3.63, 3.8) is 0 Å². The molecule has 7 heteroatoms. The van der Waals surface area contributed by atoms with Gasteiger partial charge in [0.25, 0.3) is 5.89 Å². The molecule has 0 N–H and O–H groups in total. The van der Waals surface area contributed by atoms with Crippen LogP contribution in [0.3, 0.4) is 0 Å². The minimum atomic E-state index is -0.352. The maximum atomic E-state index is 11.4. The molecule has 0 aliphatic rings. The van der Waals surface area contributed by atoms with E-state index in [0.717, 1.165) is 0 Å². The SMILES string of the molecule is COC(=O)CC(C)(C)Cc1nnc(-c2cc(Cl)ccc2OC)o1. The van der Waals surface area contributed by atoms with Crippen LogP contribution in [0.25, 0.3) is 11.5 Å². The Kier molecular flexibility index (Phi) is 5.26. The van der Waals surface area contributed by atoms with Gasteiger partial charge in [0.15, 0.2) is 0 Å². The van der Waals surface area contributed by atoms with Gasteiger partial charge in [0, 0.05) is 11.4 Å². The summed E-state index contributed by atoms with van der Waals surface area (Å²) in [5, 5.41) is 8.64. The molecule has 0 aliphatic heterocycles. The summed E-state index contributed by atoms with van der Waals surface area (Å²) in [5.74, 6) is 1.09. The molecule has 0 bridgehead atoms. The van der Waals surface area contributed by atoms with Gasteiger partial charge in [0.1, 0.15) is 5.75 Å². The fraction of sp³-hybridized carbons (Fsp3) is 0.438. The lowest BCUT2D eigenvalue weighted by Gasteiger charge is -2.20. The molecule has 0 spiro atoms. The Balaban J connectivity index is 2.21. The number of hydrogen-bond donors (Lipinski definition) is 0. The lowest BCUT2D eigenvalue weighted by atomic mass is 9.86. The summed E-state index contributed by atoms with van der Waals surface area (Å²) in [6.07, 6.45) is 0.722. The average Bonchev–Trinajstić information content (AvgIpc) is 2.94. The molecule has 0 atom stereocenters. The van der Waals surface area contributed by atoms with Gasteiger partial charge in [-0.25, -0.2) is 0 Å². The number of carbonyl (C=O) groups is 1. The summed E-state index contributed by atoms with van der Waals surface area (Å²) in [4.78, 5) is 11.4. The normalized spacial score (nSPS) is 11.3. The standard InChI is InChI=1S/C16H19ClN2O4/c1-16(2,9-14(20)22-4)8-13-18-19-15(23-13)11-7-10(17)5-6-12(11)21-3/h5-7H,8-9H2,1-4H3. The van der Waals surface area contributed by atoms with Crippen molar-refractivity contribution >= 4 is 17.6 Å². The third-order valence-corrected chi connectivity index (χ3v) is 3.57. The first-order valence-corrected chi connectivity index (χ1v) is 7.45. The Labute approximate surface area is 139 Å². The Morgan fingerprint density at radius 3 is 2.70 bits per heavy atom. The van der Waals surface area contributed by atoms with E-state index in [9.17, 15) is 4.79 Å². The highest BCUT2D eigenvalue weighted by molar-refractivity contribution is 6.30. The summed E-state index contributed by atoms with van der Waals surface area (Å²) in [6.45, 7) is 3.88. The maximum absolute atomic E-state index is 11.4. The number of rotatable bonds is 6. The second-order valence-corrected chi connectivity index (χ2v) is 6.38. The van der Waals surface area contributed by atoms with Gasteiger partial charge in [-0.15, -0.1) is 10.2 Å². The fourth-order valence-electron chi connectivity index (χ4n) is 2.22. The molecule has 0 unspecified atom stereocenters. The number of methoxy groups -OCH3 is 2. The van der Waals surface area contributed by atoms with Crippen LogP contribution in [0.2, 0.25) is 5.02 Å². The number of benzene rings is 1. The summed E-state index contributed by atoms with van der Waals surface area (Å²) < 4.78 is 15.7. The Hall–Kier alpha value is -2.08. The molecule has 23 heavy (non-hydrogen) atoms. The monoisotopic (exact) mass is 338 g/mol. The second kappa shape index (κ2) is 7.00. The van der Waals surface area contributed by atoms with Gasteiger partial charge >= 0.3 is 5.97 Å². The highest BCUT2D eigenvalue weighted by Gasteiger charge is 2.26. The van der Waals surface area contributed by atoms with E-state index >= 15 is 0 Å². The Morgan fingerprint density at radius 2 is 2.04 bits per heavy atom. The first-order chi connectivity index (χ1) is 10.8. The first kappa shape index (κ1) is 17.3. The molecule has 124 valence electrons. The minimum Gasteiger partial charge on any atom is -0.496 e. The minimum absolute atomic E-state index is 0.266. The number of carbonyl (C=O) groups excluding carboxylic acids is 1. The number of nitrogens with zero attached hydrogens (tertiary/aromatic N) is 2. The van der Waals surface area contributed by atoms with E-state index in [2.05, 4.69) is 10.2 Å². The van der Waals surface area contributed by atoms with Crippen LogP contribution in [-0.4, -0.2) is 30.4 Å². The lowest BCUT2D eigenvalue weighted by molar-refractivity contribution is -0.142. The predicted molar refractivity (Wildman–Crippen MR) is 85.4 cm³/mol. The molecule has 2 rings (SSSR count). The van der Waals surface area contributed by atoms with Crippen molar-refractivity contribution in [2.24, 2.45) is 5.41 Å². The predicted octanol–water partition coefficient (Wildman–Crippen LogP) is 3.53. The van der Waals surface area contributed by atoms with Gasteiger partial charge in [-0.05, 0) is 23.6 Å². The smallest absolute Gasteiger partial charge is 0.306 e. The lowest BCUT2D eigenvalue weighted by Crippen LogP contribution is -2.20. The van der Waals surface area contributed by atoms with Gasteiger partial charge in [0.2, 0.25) is 5.89 Å². The van der Waals surface area contributed by atoms with Crippen molar-refractivity contribution in [2.45, 2.75) is 26.7 Å². The van der Waals surface area contributed by atoms with Crippen LogP contribution in [0, 0.1) is 5.41 Å². The van der Waals surface area contributed by atoms with Crippen molar-refractivity contribution in [1.29, 1.82) is 0 Å². The van der Waals surface area contributed by atoms with Crippen molar-refractivity contribution in [1.82, 2.24) is 10.2 Å². The van der Waals surface area contributed by atoms with Crippen LogP contribution in [0.5, 0.6) is 5.75 Å². The molecule has 1 heterocycles. The van der Waals surface area contributed by atoms with Crippen LogP contribution < -0.4 is 4.74 Å². The van der Waals surface area contributed by atoms with Crippen molar-refractivity contribution in [3.8, 4) is 17.2 Å². The van der Waals surface area contributed by atoms with Crippen molar-refractivity contribution in [3.05, 3.63) is 29.1 Å². The van der Waals surface area contributed by atoms with Crippen molar-refractivity contribution in [2.75, 3.05) is 14.2 Å². The zero-order valence-corrected chi connectivity index (χ0v) is 14.3. The van der Waals surface area contributed by atoms with Crippen LogP contribution in [0.15, 0.2) is 22.6 Å². The molecular weight excluding hydrogens is 320 g/mol. The molecule has 0 fully saturated rings. The average molecular weight is 339 g/mol. The van der Waals surface area contributed by atoms with Gasteiger partial charge in [-0.2, -0.15) is 0 Å². The zero-order chi connectivity index (χ0) is 17.0. The molecule has 0 saturated carbocycles. The van der Waals surface area contributed by atoms with E-state index in [4.69, 9.17) is 25.5 Å². The van der Waals surface area contributed by atoms with Gasteiger partial charge < -0.3 is 13.9 Å². The maximum Gasteiger partial charge on any atom is 0.306 e. The second-order valence-electron chi connectivity index (χ2n) is 5.94. The topological polar surface area (TPSA) is 74.5 Å². The van der Waals surface area contributed by atoms with Crippen LogP contribution in [-0.2, 0) is 16.0 Å². The zero-order valence-electron chi connectivity index (χ0n) is 13.6. The fourth-order valence-corrected chi connectivity index (χ4v) is 2.39. The third kappa shape index (κ3) is 4.45. The quantitative estimate of drug-likeness (QED) is 0.750. The molecule has 0 saturated heterocycles. The molecule has 0 amide bonds. The largest absolute Gasteiger partial charge is 0.496 e. The number of halogens is 1. The molecule has 0 aliphatic carbocycles. The summed E-state index contributed by atoms with van der Waals surface area (Å²) >= 11 is 6.01. The van der Waals surface area contributed by atoms with E-state index < -0.39 is 0 Å². The van der Waals surface area contributed by atoms with Crippen LogP contribution >= 0.6 is 11.6 Å². The van der Waals surface area contributed by atoms with Gasteiger partial charge in [0.05, 0.1) is 26.2 Å². The van der Waals surface area contributed by atoms with Gasteiger partial charge in [-0.3, -0.25) is 4.79 Å². The summed E-state index contributed by atoms with van der Waals surface area (Å²) in [5.41, 5.74) is 0.277. The number of ether oxygens (including phenoxy) is 2. The molecule has 2 aromatic rings. The van der Waals surface area contributed by atoms with E-state index in [1.165, 1.54) is 7.11 Å². The number of hydrogen-bond acceptors (Lipinski definition) is 6.